The number of para-hydroxylation sites is 1. The number of ether oxygens (including phenoxy) is 1. The largest absolute Gasteiger partial charge is 0.465 e. The molecule has 2 N–H and O–H groups in total. The molecule has 0 saturated carbocycles. The van der Waals surface area contributed by atoms with Crippen LogP contribution in [0.25, 0.3) is 0 Å². The Hall–Kier alpha value is -3.04. The summed E-state index contributed by atoms with van der Waals surface area (Å²) in [4.78, 5) is 38.3. The van der Waals surface area contributed by atoms with Gasteiger partial charge in [0.2, 0.25) is 5.91 Å². The Bertz CT molecular complexity index is 1060. The van der Waals surface area contributed by atoms with Gasteiger partial charge in [-0.1, -0.05) is 18.2 Å². The molecule has 3 rings (SSSR count). The highest BCUT2D eigenvalue weighted by atomic mass is 32.1. The molecule has 0 aliphatic heterocycles. The number of anilines is 2. The minimum Gasteiger partial charge on any atom is -0.465 e. The molecule has 6 nitrogen and oxygen atoms in total. The van der Waals surface area contributed by atoms with Gasteiger partial charge in [-0.05, 0) is 36.1 Å². The van der Waals surface area contributed by atoms with Crippen molar-refractivity contribution in [2.75, 3.05) is 17.7 Å². The van der Waals surface area contributed by atoms with E-state index in [9.17, 15) is 18.8 Å². The lowest BCUT2D eigenvalue weighted by molar-refractivity contribution is -0.115. The van der Waals surface area contributed by atoms with Gasteiger partial charge in [0, 0.05) is 4.88 Å². The van der Waals surface area contributed by atoms with Gasteiger partial charge in [-0.3, -0.25) is 9.59 Å². The molecule has 2 heterocycles. The summed E-state index contributed by atoms with van der Waals surface area (Å²) >= 11 is 2.38. The highest BCUT2D eigenvalue weighted by Crippen LogP contribution is 2.34. The summed E-state index contributed by atoms with van der Waals surface area (Å²) in [7, 11) is 1.22. The van der Waals surface area contributed by atoms with E-state index in [2.05, 4.69) is 10.6 Å². The Labute approximate surface area is 174 Å². The van der Waals surface area contributed by atoms with E-state index < -0.39 is 17.7 Å². The highest BCUT2D eigenvalue weighted by molar-refractivity contribution is 7.19. The molecular weight excluding hydrogens is 415 g/mol. The predicted octanol–water partition coefficient (Wildman–Crippen LogP) is 4.48. The summed E-state index contributed by atoms with van der Waals surface area (Å²) in [6, 6.07) is 9.44. The molecule has 150 valence electrons. The second-order valence-electron chi connectivity index (χ2n) is 5.99. The van der Waals surface area contributed by atoms with Gasteiger partial charge in [0.1, 0.15) is 10.8 Å². The van der Waals surface area contributed by atoms with Gasteiger partial charge in [0.15, 0.2) is 0 Å². The van der Waals surface area contributed by atoms with E-state index in [4.69, 9.17) is 4.74 Å². The fourth-order valence-corrected chi connectivity index (χ4v) is 4.46. The number of hydrogen-bond donors (Lipinski definition) is 2. The molecule has 0 bridgehead atoms. The standard InChI is InChI=1S/C20H17FN2O4S2/c1-11-16(20(26)27-2)19(23-15(24)10-12-6-5-9-28-12)29-17(11)18(25)22-14-8-4-3-7-13(14)21/h3-9H,10H2,1-2H3,(H,22,25)(H,23,24). The molecule has 0 spiro atoms. The zero-order valence-corrected chi connectivity index (χ0v) is 17.2. The lowest BCUT2D eigenvalue weighted by Gasteiger charge is -2.06. The number of benzene rings is 1. The average molecular weight is 432 g/mol. The van der Waals surface area contributed by atoms with Crippen molar-refractivity contribution in [1.29, 1.82) is 0 Å². The molecule has 0 saturated heterocycles. The Morgan fingerprint density at radius 3 is 2.52 bits per heavy atom. The minimum absolute atomic E-state index is 0.0215. The van der Waals surface area contributed by atoms with Crippen molar-refractivity contribution in [1.82, 2.24) is 0 Å². The van der Waals surface area contributed by atoms with E-state index in [1.807, 2.05) is 17.5 Å². The fraction of sp³-hybridized carbons (Fsp3) is 0.150. The first-order chi connectivity index (χ1) is 13.9. The van der Waals surface area contributed by atoms with Crippen molar-refractivity contribution in [2.45, 2.75) is 13.3 Å². The second-order valence-corrected chi connectivity index (χ2v) is 8.04. The van der Waals surface area contributed by atoms with Crippen LogP contribution in [0, 0.1) is 12.7 Å². The highest BCUT2D eigenvalue weighted by Gasteiger charge is 2.26. The summed E-state index contributed by atoms with van der Waals surface area (Å²) in [5.41, 5.74) is 0.478. The molecule has 0 fully saturated rings. The fourth-order valence-electron chi connectivity index (χ4n) is 2.65. The van der Waals surface area contributed by atoms with Gasteiger partial charge in [0.05, 0.1) is 29.7 Å². The summed E-state index contributed by atoms with van der Waals surface area (Å²) in [6.45, 7) is 1.58. The maximum atomic E-state index is 13.8. The zero-order valence-electron chi connectivity index (χ0n) is 15.6. The predicted molar refractivity (Wildman–Crippen MR) is 111 cm³/mol. The van der Waals surface area contributed by atoms with Crippen LogP contribution < -0.4 is 10.6 Å². The number of amides is 2. The molecule has 0 aliphatic rings. The van der Waals surface area contributed by atoms with Gasteiger partial charge < -0.3 is 15.4 Å². The molecule has 3 aromatic rings. The summed E-state index contributed by atoms with van der Waals surface area (Å²) < 4.78 is 18.6. The number of halogens is 1. The number of carbonyl (C=O) groups excluding carboxylic acids is 3. The van der Waals surface area contributed by atoms with E-state index in [1.54, 1.807) is 13.0 Å². The van der Waals surface area contributed by atoms with Crippen LogP contribution in [0.1, 0.15) is 30.5 Å². The van der Waals surface area contributed by atoms with E-state index in [-0.39, 0.29) is 33.5 Å². The van der Waals surface area contributed by atoms with Crippen LogP contribution in [-0.2, 0) is 16.0 Å². The number of thiophene rings is 2. The van der Waals surface area contributed by atoms with Gasteiger partial charge in [-0.25, -0.2) is 9.18 Å². The molecular formula is C20H17FN2O4S2. The first-order valence-corrected chi connectivity index (χ1v) is 10.2. The topological polar surface area (TPSA) is 84.5 Å². The van der Waals surface area contributed by atoms with Crippen molar-refractivity contribution in [3.05, 3.63) is 68.5 Å². The van der Waals surface area contributed by atoms with Crippen LogP contribution in [0.3, 0.4) is 0 Å². The summed E-state index contributed by atoms with van der Waals surface area (Å²) in [6.07, 6.45) is 0.145. The van der Waals surface area contributed by atoms with Gasteiger partial charge in [-0.2, -0.15) is 0 Å². The van der Waals surface area contributed by atoms with E-state index in [1.165, 1.54) is 36.6 Å². The lowest BCUT2D eigenvalue weighted by Crippen LogP contribution is -2.15. The van der Waals surface area contributed by atoms with Crippen molar-refractivity contribution < 1.29 is 23.5 Å². The molecule has 9 heteroatoms. The van der Waals surface area contributed by atoms with Crippen LogP contribution in [0.15, 0.2) is 41.8 Å². The van der Waals surface area contributed by atoms with Crippen molar-refractivity contribution in [2.24, 2.45) is 0 Å². The molecule has 0 aliphatic carbocycles. The number of hydrogen-bond acceptors (Lipinski definition) is 6. The number of carbonyl (C=O) groups is 3. The third-order valence-electron chi connectivity index (χ3n) is 4.03. The lowest BCUT2D eigenvalue weighted by atomic mass is 10.1. The Morgan fingerprint density at radius 1 is 1.10 bits per heavy atom. The van der Waals surface area contributed by atoms with Gasteiger partial charge in [-0.15, -0.1) is 22.7 Å². The summed E-state index contributed by atoms with van der Waals surface area (Å²) in [5, 5.41) is 7.26. The SMILES string of the molecule is COC(=O)c1c(NC(=O)Cc2cccs2)sc(C(=O)Nc2ccccc2F)c1C. The van der Waals surface area contributed by atoms with Crippen LogP contribution in [0.5, 0.6) is 0 Å². The normalized spacial score (nSPS) is 10.4. The van der Waals surface area contributed by atoms with Crippen LogP contribution >= 0.6 is 22.7 Å². The minimum atomic E-state index is -0.671. The van der Waals surface area contributed by atoms with E-state index >= 15 is 0 Å². The number of esters is 1. The maximum absolute atomic E-state index is 13.8. The van der Waals surface area contributed by atoms with E-state index in [0.29, 0.717) is 5.56 Å². The van der Waals surface area contributed by atoms with Crippen molar-refractivity contribution >= 4 is 51.1 Å². The Morgan fingerprint density at radius 2 is 1.86 bits per heavy atom. The Kier molecular flexibility index (Phi) is 6.40. The third kappa shape index (κ3) is 4.69. The van der Waals surface area contributed by atoms with E-state index in [0.717, 1.165) is 16.2 Å². The number of methoxy groups -OCH3 is 1. The average Bonchev–Trinajstić information content (AvgIpc) is 3.30. The molecule has 0 atom stereocenters. The van der Waals surface area contributed by atoms with Crippen molar-refractivity contribution in [3.8, 4) is 0 Å². The molecule has 0 radical (unpaired) electrons. The third-order valence-corrected chi connectivity index (χ3v) is 6.11. The van der Waals surface area contributed by atoms with Gasteiger partial charge >= 0.3 is 5.97 Å². The quantitative estimate of drug-likeness (QED) is 0.563. The molecule has 2 aromatic heterocycles. The Balaban J connectivity index is 1.88. The molecule has 29 heavy (non-hydrogen) atoms. The van der Waals surface area contributed by atoms with Crippen molar-refractivity contribution in [3.63, 3.8) is 0 Å². The molecule has 0 unspecified atom stereocenters. The number of nitrogens with one attached hydrogen (secondary N) is 2. The first kappa shape index (κ1) is 20.7. The van der Waals surface area contributed by atoms with Crippen LogP contribution in [0.2, 0.25) is 0 Å². The van der Waals surface area contributed by atoms with Crippen LogP contribution in [0.4, 0.5) is 15.1 Å². The van der Waals surface area contributed by atoms with Crippen LogP contribution in [-0.4, -0.2) is 24.9 Å². The smallest absolute Gasteiger partial charge is 0.341 e. The summed E-state index contributed by atoms with van der Waals surface area (Å²) in [5.74, 6) is -2.15. The van der Waals surface area contributed by atoms with Gasteiger partial charge in [0.25, 0.3) is 5.91 Å². The maximum Gasteiger partial charge on any atom is 0.341 e. The number of rotatable bonds is 6. The molecule has 2 amide bonds. The first-order valence-electron chi connectivity index (χ1n) is 8.50. The zero-order chi connectivity index (χ0) is 21.0. The second kappa shape index (κ2) is 8.97. The molecule has 1 aromatic carbocycles. The monoisotopic (exact) mass is 432 g/mol.